The fraction of sp³-hybridized carbons (Fsp3) is 0.889. The second-order valence-corrected chi connectivity index (χ2v) is 10.5. The molecule has 166 valence electrons. The van der Waals surface area contributed by atoms with Crippen molar-refractivity contribution < 1.29 is 46.6 Å². The van der Waals surface area contributed by atoms with Crippen molar-refractivity contribution >= 4 is 22.2 Å². The van der Waals surface area contributed by atoms with Crippen LogP contribution in [-0.4, -0.2) is 74.6 Å². The molecule has 3 fully saturated rings. The minimum atomic E-state index is -3.93. The highest BCUT2D eigenvalue weighted by Crippen LogP contribution is 2.68. The van der Waals surface area contributed by atoms with E-state index in [9.17, 15) is 28.2 Å². The minimum Gasteiger partial charge on any atom is -0.462 e. The lowest BCUT2D eigenvalue weighted by molar-refractivity contribution is -0.155. The van der Waals surface area contributed by atoms with Gasteiger partial charge >= 0.3 is 12.1 Å². The van der Waals surface area contributed by atoms with Crippen molar-refractivity contribution in [3.63, 3.8) is 0 Å². The molecular formula is C18H28O10S. The lowest BCUT2D eigenvalue weighted by atomic mass is 9.78. The summed E-state index contributed by atoms with van der Waals surface area (Å²) in [7, 11) is -3.93. The summed E-state index contributed by atoms with van der Waals surface area (Å²) >= 11 is 0. The Labute approximate surface area is 169 Å². The second-order valence-electron chi connectivity index (χ2n) is 8.80. The third kappa shape index (κ3) is 3.41. The fourth-order valence-electron chi connectivity index (χ4n) is 4.67. The van der Waals surface area contributed by atoms with Gasteiger partial charge in [0.15, 0.2) is 0 Å². The van der Waals surface area contributed by atoms with Crippen LogP contribution in [0, 0.1) is 16.2 Å². The van der Waals surface area contributed by atoms with Crippen molar-refractivity contribution in [3.05, 3.63) is 0 Å². The first kappa shape index (κ1) is 22.3. The van der Waals surface area contributed by atoms with E-state index < -0.39 is 69.2 Å². The number of carbonyl (C=O) groups excluding carboxylic acids is 2. The number of hydrogen-bond donors (Lipinski definition) is 2. The van der Waals surface area contributed by atoms with Crippen molar-refractivity contribution in [1.82, 2.24) is 0 Å². The van der Waals surface area contributed by atoms with E-state index in [0.717, 1.165) is 0 Å². The Hall–Kier alpha value is -1.43. The molecule has 2 bridgehead atoms. The first-order valence-electron chi connectivity index (χ1n) is 9.62. The molecule has 3 aliphatic rings. The number of esters is 1. The monoisotopic (exact) mass is 436 g/mol. The van der Waals surface area contributed by atoms with Gasteiger partial charge in [0, 0.05) is 10.8 Å². The van der Waals surface area contributed by atoms with Crippen LogP contribution in [0.3, 0.4) is 0 Å². The van der Waals surface area contributed by atoms with E-state index in [1.807, 2.05) is 6.92 Å². The Kier molecular flexibility index (Phi) is 5.65. The molecule has 1 aliphatic heterocycles. The van der Waals surface area contributed by atoms with E-state index in [4.69, 9.17) is 18.4 Å². The van der Waals surface area contributed by atoms with E-state index in [1.165, 1.54) is 0 Å². The lowest BCUT2D eigenvalue weighted by Gasteiger charge is -2.35. The molecule has 2 aliphatic carbocycles. The highest BCUT2D eigenvalue weighted by Gasteiger charge is 2.79. The van der Waals surface area contributed by atoms with Gasteiger partial charge in [-0.2, -0.15) is 8.42 Å². The first-order valence-corrected chi connectivity index (χ1v) is 11.1. The molecule has 0 radical (unpaired) electrons. The van der Waals surface area contributed by atoms with E-state index in [1.54, 1.807) is 13.8 Å². The van der Waals surface area contributed by atoms with Gasteiger partial charge in [-0.3, -0.25) is 8.98 Å². The molecule has 2 N–H and O–H groups in total. The molecule has 0 aromatic carbocycles. The average molecular weight is 436 g/mol. The third-order valence-corrected chi connectivity index (χ3v) is 8.56. The van der Waals surface area contributed by atoms with Gasteiger partial charge in [0.1, 0.15) is 25.4 Å². The van der Waals surface area contributed by atoms with Crippen LogP contribution in [0.25, 0.3) is 0 Å². The molecule has 11 heteroatoms. The van der Waals surface area contributed by atoms with Gasteiger partial charge in [0.2, 0.25) is 0 Å². The van der Waals surface area contributed by atoms with Crippen LogP contribution in [0.5, 0.6) is 0 Å². The minimum absolute atomic E-state index is 0.0323. The van der Waals surface area contributed by atoms with Gasteiger partial charge in [-0.25, -0.2) is 4.79 Å². The lowest BCUT2D eigenvalue weighted by Crippen LogP contribution is -2.50. The van der Waals surface area contributed by atoms with Crippen LogP contribution >= 0.6 is 0 Å². The molecular weight excluding hydrogens is 408 g/mol. The summed E-state index contributed by atoms with van der Waals surface area (Å²) in [4.78, 5) is 24.0. The average Bonchev–Trinajstić information content (AvgIpc) is 3.20. The Morgan fingerprint density at radius 1 is 1.17 bits per heavy atom. The summed E-state index contributed by atoms with van der Waals surface area (Å²) in [6.07, 6.45) is -2.43. The highest BCUT2D eigenvalue weighted by atomic mass is 32.2. The maximum Gasteiger partial charge on any atom is 0.508 e. The Balaban J connectivity index is 1.59. The number of fused-ring (bicyclic) bond motifs is 1. The number of hydrogen-bond acceptors (Lipinski definition) is 10. The van der Waals surface area contributed by atoms with Crippen LogP contribution in [0.15, 0.2) is 0 Å². The molecule has 1 saturated heterocycles. The van der Waals surface area contributed by atoms with Crippen molar-refractivity contribution in [2.75, 3.05) is 26.4 Å². The highest BCUT2D eigenvalue weighted by molar-refractivity contribution is 7.87. The largest absolute Gasteiger partial charge is 0.508 e. The van der Waals surface area contributed by atoms with Gasteiger partial charge in [-0.15, -0.1) is 0 Å². The molecule has 0 spiro atoms. The maximum atomic E-state index is 12.3. The molecule has 2 saturated carbocycles. The predicted octanol–water partition coefficient (Wildman–Crippen LogP) is 0.350. The molecule has 0 aromatic rings. The van der Waals surface area contributed by atoms with Crippen molar-refractivity contribution in [2.24, 2.45) is 16.2 Å². The van der Waals surface area contributed by atoms with E-state index in [-0.39, 0.29) is 26.1 Å². The van der Waals surface area contributed by atoms with Crippen molar-refractivity contribution in [3.8, 4) is 0 Å². The Bertz CT molecular complexity index is 778. The molecule has 10 nitrogen and oxygen atoms in total. The number of aliphatic hydroxyl groups excluding tert-OH is 2. The fourth-order valence-corrected chi connectivity index (χ4v) is 6.78. The summed E-state index contributed by atoms with van der Waals surface area (Å²) in [6, 6.07) is 0. The van der Waals surface area contributed by atoms with Crippen LogP contribution < -0.4 is 0 Å². The van der Waals surface area contributed by atoms with Gasteiger partial charge in [-0.05, 0) is 33.1 Å². The summed E-state index contributed by atoms with van der Waals surface area (Å²) in [6.45, 7) is 4.09. The van der Waals surface area contributed by atoms with Crippen molar-refractivity contribution in [2.45, 2.75) is 57.5 Å². The topological polar surface area (TPSA) is 146 Å². The van der Waals surface area contributed by atoms with E-state index in [2.05, 4.69) is 0 Å². The molecule has 29 heavy (non-hydrogen) atoms. The number of aliphatic hydroxyl groups is 2. The molecule has 5 atom stereocenters. The SMILES string of the molecule is CCC(C)(C)C(=O)OCCOC(=O)OC1C2OS(=O)(=O)C3CC1(CO)CC23CO. The van der Waals surface area contributed by atoms with E-state index >= 15 is 0 Å². The smallest absolute Gasteiger partial charge is 0.462 e. The predicted molar refractivity (Wildman–Crippen MR) is 97.1 cm³/mol. The van der Waals surface area contributed by atoms with Crippen LogP contribution in [0.1, 0.15) is 40.0 Å². The van der Waals surface area contributed by atoms with Crippen LogP contribution in [0.2, 0.25) is 0 Å². The molecule has 3 rings (SSSR count). The van der Waals surface area contributed by atoms with Crippen molar-refractivity contribution in [1.29, 1.82) is 0 Å². The zero-order valence-electron chi connectivity index (χ0n) is 16.8. The van der Waals surface area contributed by atoms with Crippen LogP contribution in [-0.2, 0) is 33.3 Å². The van der Waals surface area contributed by atoms with Gasteiger partial charge in [0.05, 0.1) is 23.9 Å². The Morgan fingerprint density at radius 2 is 1.83 bits per heavy atom. The van der Waals surface area contributed by atoms with Gasteiger partial charge in [-0.1, -0.05) is 6.92 Å². The number of rotatable bonds is 8. The third-order valence-electron chi connectivity index (χ3n) is 6.75. The van der Waals surface area contributed by atoms with Gasteiger partial charge in [0.25, 0.3) is 10.1 Å². The van der Waals surface area contributed by atoms with E-state index in [0.29, 0.717) is 6.42 Å². The second kappa shape index (κ2) is 7.36. The summed E-state index contributed by atoms with van der Waals surface area (Å²) in [5.74, 6) is -0.412. The molecule has 0 aromatic heterocycles. The molecule has 0 amide bonds. The number of ether oxygens (including phenoxy) is 3. The first-order chi connectivity index (χ1) is 13.5. The van der Waals surface area contributed by atoms with Gasteiger partial charge < -0.3 is 24.4 Å². The summed E-state index contributed by atoms with van der Waals surface area (Å²) < 4.78 is 45.1. The normalized spacial score (nSPS) is 36.8. The zero-order chi connectivity index (χ0) is 21.7. The van der Waals surface area contributed by atoms with Crippen LogP contribution in [0.4, 0.5) is 4.79 Å². The Morgan fingerprint density at radius 3 is 2.41 bits per heavy atom. The molecule has 5 unspecified atom stereocenters. The summed E-state index contributed by atoms with van der Waals surface area (Å²) in [5.41, 5.74) is -2.76. The number of carbonyl (C=O) groups is 2. The zero-order valence-corrected chi connectivity index (χ0v) is 17.6. The maximum absolute atomic E-state index is 12.3. The summed E-state index contributed by atoms with van der Waals surface area (Å²) in [5, 5.41) is 18.9. The quantitative estimate of drug-likeness (QED) is 0.310. The standard InChI is InChI=1S/C18H28O10S/c1-4-16(2,3)14(21)25-5-6-26-15(22)27-12-13-18(10-20)8-17(12,9-19)7-11(18)29(23,24)28-13/h11-13,19-20H,4-10H2,1-3H3. The molecule has 1 heterocycles.